The van der Waals surface area contributed by atoms with Gasteiger partial charge in [0.1, 0.15) is 0 Å². The van der Waals surface area contributed by atoms with Gasteiger partial charge in [0, 0.05) is 18.1 Å². The van der Waals surface area contributed by atoms with Crippen LogP contribution in [-0.4, -0.2) is 25.7 Å². The standard InChI is InChI=1S/C12H14N2O2S/c13-6-8-17(15,16)9-10-5-7-14-12-4-2-1-3-11(10)12/h1-5,7H,6,8-9,13H2. The Morgan fingerprint density at radius 3 is 2.71 bits per heavy atom. The minimum atomic E-state index is -3.13. The van der Waals surface area contributed by atoms with Crippen LogP contribution in [0.5, 0.6) is 0 Å². The molecule has 0 atom stereocenters. The minimum Gasteiger partial charge on any atom is -0.329 e. The number of fused-ring (bicyclic) bond motifs is 1. The van der Waals surface area contributed by atoms with Crippen molar-refractivity contribution in [3.8, 4) is 0 Å². The van der Waals surface area contributed by atoms with E-state index < -0.39 is 9.84 Å². The predicted octanol–water partition coefficient (Wildman–Crippen LogP) is 1.11. The highest BCUT2D eigenvalue weighted by Crippen LogP contribution is 2.18. The Morgan fingerprint density at radius 1 is 1.18 bits per heavy atom. The molecule has 0 bridgehead atoms. The lowest BCUT2D eigenvalue weighted by atomic mass is 10.1. The molecule has 5 heteroatoms. The molecule has 0 aliphatic rings. The molecule has 90 valence electrons. The fourth-order valence-corrected chi connectivity index (χ4v) is 3.00. The van der Waals surface area contributed by atoms with E-state index in [4.69, 9.17) is 5.73 Å². The lowest BCUT2D eigenvalue weighted by Crippen LogP contribution is -2.17. The van der Waals surface area contributed by atoms with E-state index in [2.05, 4.69) is 4.98 Å². The molecular formula is C12H14N2O2S. The molecule has 0 amide bonds. The second kappa shape index (κ2) is 4.81. The molecule has 2 aromatic rings. The van der Waals surface area contributed by atoms with Crippen LogP contribution in [0.2, 0.25) is 0 Å². The van der Waals surface area contributed by atoms with Gasteiger partial charge >= 0.3 is 0 Å². The van der Waals surface area contributed by atoms with Gasteiger partial charge in [-0.25, -0.2) is 8.42 Å². The third kappa shape index (κ3) is 2.81. The van der Waals surface area contributed by atoms with Gasteiger partial charge in [0.2, 0.25) is 0 Å². The van der Waals surface area contributed by atoms with Gasteiger partial charge in [0.05, 0.1) is 17.0 Å². The zero-order chi connectivity index (χ0) is 12.3. The van der Waals surface area contributed by atoms with Crippen molar-refractivity contribution in [2.24, 2.45) is 5.73 Å². The number of nitrogens with two attached hydrogens (primary N) is 1. The first-order valence-corrected chi connectivity index (χ1v) is 7.18. The maximum absolute atomic E-state index is 11.7. The van der Waals surface area contributed by atoms with E-state index in [0.717, 1.165) is 16.5 Å². The van der Waals surface area contributed by atoms with Crippen LogP contribution in [-0.2, 0) is 15.6 Å². The molecule has 1 heterocycles. The molecule has 0 aliphatic carbocycles. The van der Waals surface area contributed by atoms with Crippen LogP contribution in [0.25, 0.3) is 10.9 Å². The summed E-state index contributed by atoms with van der Waals surface area (Å²) in [5, 5.41) is 0.885. The van der Waals surface area contributed by atoms with Gasteiger partial charge < -0.3 is 5.73 Å². The number of pyridine rings is 1. The number of hydrogen-bond acceptors (Lipinski definition) is 4. The number of nitrogens with zero attached hydrogens (tertiary/aromatic N) is 1. The molecule has 0 aliphatic heterocycles. The quantitative estimate of drug-likeness (QED) is 0.882. The highest BCUT2D eigenvalue weighted by molar-refractivity contribution is 7.90. The molecule has 2 N–H and O–H groups in total. The maximum atomic E-state index is 11.7. The summed E-state index contributed by atoms with van der Waals surface area (Å²) in [7, 11) is -3.13. The van der Waals surface area contributed by atoms with Crippen molar-refractivity contribution >= 4 is 20.7 Å². The van der Waals surface area contributed by atoms with Crippen molar-refractivity contribution in [1.29, 1.82) is 0 Å². The normalized spacial score (nSPS) is 11.8. The first kappa shape index (κ1) is 12.0. The van der Waals surface area contributed by atoms with Gasteiger partial charge in [-0.3, -0.25) is 4.98 Å². The molecule has 0 unspecified atom stereocenters. The van der Waals surface area contributed by atoms with Crippen molar-refractivity contribution in [2.75, 3.05) is 12.3 Å². The van der Waals surface area contributed by atoms with E-state index in [1.54, 1.807) is 12.3 Å². The number of para-hydroxylation sites is 1. The molecule has 0 spiro atoms. The van der Waals surface area contributed by atoms with E-state index in [0.29, 0.717) is 0 Å². The highest BCUT2D eigenvalue weighted by atomic mass is 32.2. The molecule has 0 saturated heterocycles. The van der Waals surface area contributed by atoms with Crippen LogP contribution < -0.4 is 5.73 Å². The van der Waals surface area contributed by atoms with E-state index in [1.165, 1.54) is 0 Å². The van der Waals surface area contributed by atoms with Crippen molar-refractivity contribution in [1.82, 2.24) is 4.98 Å². The molecule has 2 rings (SSSR count). The second-order valence-corrected chi connectivity index (χ2v) is 6.05. The van der Waals surface area contributed by atoms with E-state index in [9.17, 15) is 8.42 Å². The van der Waals surface area contributed by atoms with Crippen molar-refractivity contribution in [2.45, 2.75) is 5.75 Å². The monoisotopic (exact) mass is 250 g/mol. The van der Waals surface area contributed by atoms with Gasteiger partial charge in [0.25, 0.3) is 0 Å². The summed E-state index contributed by atoms with van der Waals surface area (Å²) >= 11 is 0. The van der Waals surface area contributed by atoms with E-state index in [-0.39, 0.29) is 18.1 Å². The van der Waals surface area contributed by atoms with E-state index >= 15 is 0 Å². The van der Waals surface area contributed by atoms with Crippen molar-refractivity contribution in [3.63, 3.8) is 0 Å². The van der Waals surface area contributed by atoms with Crippen LogP contribution in [0, 0.1) is 0 Å². The zero-order valence-electron chi connectivity index (χ0n) is 9.33. The Hall–Kier alpha value is -1.46. The third-order valence-corrected chi connectivity index (χ3v) is 4.15. The molecule has 4 nitrogen and oxygen atoms in total. The summed E-state index contributed by atoms with van der Waals surface area (Å²) in [4.78, 5) is 4.20. The summed E-state index contributed by atoms with van der Waals surface area (Å²) in [6.07, 6.45) is 1.63. The lowest BCUT2D eigenvalue weighted by Gasteiger charge is -2.06. The van der Waals surface area contributed by atoms with Crippen LogP contribution in [0.15, 0.2) is 36.5 Å². The number of sulfone groups is 1. The highest BCUT2D eigenvalue weighted by Gasteiger charge is 2.12. The van der Waals surface area contributed by atoms with Gasteiger partial charge in [0.15, 0.2) is 9.84 Å². The first-order valence-electron chi connectivity index (χ1n) is 5.35. The fraction of sp³-hybridized carbons (Fsp3) is 0.250. The van der Waals surface area contributed by atoms with Gasteiger partial charge in [-0.05, 0) is 17.7 Å². The van der Waals surface area contributed by atoms with Gasteiger partial charge in [-0.15, -0.1) is 0 Å². The van der Waals surface area contributed by atoms with Crippen LogP contribution in [0.3, 0.4) is 0 Å². The van der Waals surface area contributed by atoms with Crippen molar-refractivity contribution < 1.29 is 8.42 Å². The van der Waals surface area contributed by atoms with Gasteiger partial charge in [-0.2, -0.15) is 0 Å². The fourth-order valence-electron chi connectivity index (χ4n) is 1.77. The maximum Gasteiger partial charge on any atom is 0.155 e. The minimum absolute atomic E-state index is 0.0175. The largest absolute Gasteiger partial charge is 0.329 e. The Balaban J connectivity index is 2.43. The Bertz CT molecular complexity index is 618. The average molecular weight is 250 g/mol. The van der Waals surface area contributed by atoms with Crippen molar-refractivity contribution in [3.05, 3.63) is 42.1 Å². The number of aromatic nitrogens is 1. The number of rotatable bonds is 4. The first-order chi connectivity index (χ1) is 8.12. The summed E-state index contributed by atoms with van der Waals surface area (Å²) in [6.45, 7) is 0.158. The molecule has 0 radical (unpaired) electrons. The topological polar surface area (TPSA) is 73.1 Å². The van der Waals surface area contributed by atoms with Gasteiger partial charge in [-0.1, -0.05) is 18.2 Å². The third-order valence-electron chi connectivity index (χ3n) is 2.54. The zero-order valence-corrected chi connectivity index (χ0v) is 10.2. The molecular weight excluding hydrogens is 236 g/mol. The van der Waals surface area contributed by atoms with Crippen LogP contribution in [0.4, 0.5) is 0 Å². The summed E-state index contributed by atoms with van der Waals surface area (Å²) in [5.74, 6) is 0.0386. The predicted molar refractivity (Wildman–Crippen MR) is 68.3 cm³/mol. The molecule has 17 heavy (non-hydrogen) atoms. The Labute approximate surface area is 100 Å². The summed E-state index contributed by atoms with van der Waals surface area (Å²) in [6, 6.07) is 9.26. The molecule has 1 aromatic heterocycles. The number of benzene rings is 1. The smallest absolute Gasteiger partial charge is 0.155 e. The van der Waals surface area contributed by atoms with E-state index in [1.807, 2.05) is 24.3 Å². The molecule has 0 saturated carbocycles. The Morgan fingerprint density at radius 2 is 1.94 bits per heavy atom. The Kier molecular flexibility index (Phi) is 3.40. The molecule has 1 aromatic carbocycles. The molecule has 0 fully saturated rings. The summed E-state index contributed by atoms with van der Waals surface area (Å²) in [5.41, 5.74) is 6.88. The summed E-state index contributed by atoms with van der Waals surface area (Å²) < 4.78 is 23.5. The van der Waals surface area contributed by atoms with Crippen LogP contribution >= 0.6 is 0 Å². The SMILES string of the molecule is NCCS(=O)(=O)Cc1ccnc2ccccc12. The van der Waals surface area contributed by atoms with Crippen LogP contribution in [0.1, 0.15) is 5.56 Å². The second-order valence-electron chi connectivity index (χ2n) is 3.87. The lowest BCUT2D eigenvalue weighted by molar-refractivity contribution is 0.595. The average Bonchev–Trinajstić information content (AvgIpc) is 2.29. The number of hydrogen-bond donors (Lipinski definition) is 1.